The van der Waals surface area contributed by atoms with Crippen molar-refractivity contribution < 1.29 is 9.85 Å². The summed E-state index contributed by atoms with van der Waals surface area (Å²) in [6.07, 6.45) is 0. The second-order valence-corrected chi connectivity index (χ2v) is 7.05. The minimum Gasteiger partial charge on any atom is -0.258 e. The second kappa shape index (κ2) is 6.70. The average molecular weight is 376 g/mol. The Balaban J connectivity index is 2.59. The highest BCUT2D eigenvalue weighted by Crippen LogP contribution is 2.46. The van der Waals surface area contributed by atoms with Crippen LogP contribution in [0, 0.1) is 20.2 Å². The summed E-state index contributed by atoms with van der Waals surface area (Å²) in [5, 5.41) is 21.8. The zero-order valence-corrected chi connectivity index (χ0v) is 13.6. The summed E-state index contributed by atoms with van der Waals surface area (Å²) >= 11 is 18.1. The molecule has 0 heterocycles. The molecule has 0 amide bonds. The van der Waals surface area contributed by atoms with E-state index in [1.54, 1.807) is 12.1 Å². The third kappa shape index (κ3) is 4.10. The smallest absolute Gasteiger partial charge is 0.258 e. The molecule has 0 aliphatic carbocycles. The summed E-state index contributed by atoms with van der Waals surface area (Å²) in [5.41, 5.74) is 0.429. The van der Waals surface area contributed by atoms with Crippen LogP contribution >= 0.6 is 34.8 Å². The lowest BCUT2D eigenvalue weighted by atomic mass is 9.92. The Morgan fingerprint density at radius 2 is 1.22 bits per heavy atom. The Morgan fingerprint density at radius 1 is 0.826 bits per heavy atom. The van der Waals surface area contributed by atoms with Crippen LogP contribution in [0.5, 0.6) is 0 Å². The number of alkyl halides is 3. The van der Waals surface area contributed by atoms with Crippen molar-refractivity contribution in [3.8, 4) is 0 Å². The van der Waals surface area contributed by atoms with Gasteiger partial charge in [0.15, 0.2) is 0 Å². The predicted molar refractivity (Wildman–Crippen MR) is 88.3 cm³/mol. The SMILES string of the molecule is O=[N+]([O-])c1cccc(C(c2cccc([N+](=O)[O-])c2)C(Cl)(Cl)Cl)c1. The molecule has 2 aromatic carbocycles. The van der Waals surface area contributed by atoms with E-state index in [4.69, 9.17) is 34.8 Å². The van der Waals surface area contributed by atoms with Crippen LogP contribution in [0.2, 0.25) is 0 Å². The van der Waals surface area contributed by atoms with E-state index in [0.717, 1.165) is 0 Å². The molecule has 120 valence electrons. The Bertz CT molecular complexity index is 704. The largest absolute Gasteiger partial charge is 0.269 e. The van der Waals surface area contributed by atoms with Crippen LogP contribution in [-0.2, 0) is 0 Å². The highest BCUT2D eigenvalue weighted by atomic mass is 35.6. The molecule has 6 nitrogen and oxygen atoms in total. The van der Waals surface area contributed by atoms with Gasteiger partial charge >= 0.3 is 0 Å². The molecule has 0 aromatic heterocycles. The lowest BCUT2D eigenvalue weighted by molar-refractivity contribution is -0.385. The van der Waals surface area contributed by atoms with Gasteiger partial charge in [0, 0.05) is 24.3 Å². The van der Waals surface area contributed by atoms with E-state index < -0.39 is 19.6 Å². The van der Waals surface area contributed by atoms with Crippen LogP contribution in [0.1, 0.15) is 17.0 Å². The van der Waals surface area contributed by atoms with Crippen molar-refractivity contribution >= 4 is 46.2 Å². The Labute approximate surface area is 145 Å². The zero-order valence-electron chi connectivity index (χ0n) is 11.4. The predicted octanol–water partition coefficient (Wildman–Crippen LogP) is 5.01. The fourth-order valence-electron chi connectivity index (χ4n) is 2.21. The van der Waals surface area contributed by atoms with E-state index >= 15 is 0 Å². The maximum atomic E-state index is 10.9. The maximum absolute atomic E-state index is 10.9. The zero-order chi connectivity index (χ0) is 17.2. The number of hydrogen-bond donors (Lipinski definition) is 0. The number of nitro groups is 2. The van der Waals surface area contributed by atoms with E-state index in [-0.39, 0.29) is 11.4 Å². The van der Waals surface area contributed by atoms with Crippen molar-refractivity contribution in [2.75, 3.05) is 0 Å². The summed E-state index contributed by atoms with van der Waals surface area (Å²) in [4.78, 5) is 20.7. The first kappa shape index (κ1) is 17.5. The van der Waals surface area contributed by atoms with Gasteiger partial charge in [0.2, 0.25) is 3.79 Å². The number of benzene rings is 2. The molecule has 0 atom stereocenters. The summed E-state index contributed by atoms with van der Waals surface area (Å²) in [6, 6.07) is 11.3. The van der Waals surface area contributed by atoms with Crippen LogP contribution in [0.3, 0.4) is 0 Å². The lowest BCUT2D eigenvalue weighted by Crippen LogP contribution is -2.18. The molecule has 0 N–H and O–H groups in total. The van der Waals surface area contributed by atoms with Gasteiger partial charge in [0.1, 0.15) is 0 Å². The highest BCUT2D eigenvalue weighted by Gasteiger charge is 2.36. The van der Waals surface area contributed by atoms with Crippen molar-refractivity contribution in [1.82, 2.24) is 0 Å². The molecule has 2 aromatic rings. The van der Waals surface area contributed by atoms with E-state index in [1.807, 2.05) is 0 Å². The molecule has 0 unspecified atom stereocenters. The molecule has 23 heavy (non-hydrogen) atoms. The van der Waals surface area contributed by atoms with Crippen molar-refractivity contribution in [3.05, 3.63) is 79.9 Å². The Kier molecular flexibility index (Phi) is 5.09. The summed E-state index contributed by atoms with van der Waals surface area (Å²) in [6.45, 7) is 0. The summed E-state index contributed by atoms with van der Waals surface area (Å²) < 4.78 is -1.84. The third-order valence-electron chi connectivity index (χ3n) is 3.16. The fraction of sp³-hybridized carbons (Fsp3) is 0.143. The van der Waals surface area contributed by atoms with Gasteiger partial charge in [-0.3, -0.25) is 20.2 Å². The van der Waals surface area contributed by atoms with Gasteiger partial charge in [-0.25, -0.2) is 0 Å². The van der Waals surface area contributed by atoms with Crippen LogP contribution in [-0.4, -0.2) is 13.6 Å². The minimum absolute atomic E-state index is 0.160. The highest BCUT2D eigenvalue weighted by molar-refractivity contribution is 6.68. The first-order valence-electron chi connectivity index (χ1n) is 6.25. The first-order chi connectivity index (χ1) is 10.7. The van der Waals surface area contributed by atoms with Crippen LogP contribution in [0.25, 0.3) is 0 Å². The molecule has 0 spiro atoms. The molecular formula is C14H9Cl3N2O4. The van der Waals surface area contributed by atoms with Crippen LogP contribution in [0.4, 0.5) is 11.4 Å². The third-order valence-corrected chi connectivity index (χ3v) is 3.81. The number of non-ortho nitro benzene ring substituents is 2. The molecule has 0 aliphatic rings. The normalized spacial score (nSPS) is 11.5. The summed E-state index contributed by atoms with van der Waals surface area (Å²) in [7, 11) is 0. The van der Waals surface area contributed by atoms with Gasteiger partial charge in [-0.2, -0.15) is 0 Å². The Morgan fingerprint density at radius 3 is 1.52 bits per heavy atom. The van der Waals surface area contributed by atoms with E-state index in [9.17, 15) is 20.2 Å². The standard InChI is InChI=1S/C14H9Cl3N2O4/c15-14(16,17)13(9-3-1-5-11(7-9)18(20)21)10-4-2-6-12(8-10)19(22)23/h1-8,13H. The van der Waals surface area contributed by atoms with Crippen LogP contribution in [0.15, 0.2) is 48.5 Å². The Hall–Kier alpha value is -1.89. The second-order valence-electron chi connectivity index (χ2n) is 4.68. The van der Waals surface area contributed by atoms with Gasteiger partial charge < -0.3 is 0 Å². The monoisotopic (exact) mass is 374 g/mol. The minimum atomic E-state index is -1.84. The number of nitro benzene ring substituents is 2. The van der Waals surface area contributed by atoms with Crippen molar-refractivity contribution in [2.45, 2.75) is 9.71 Å². The van der Waals surface area contributed by atoms with Crippen molar-refractivity contribution in [1.29, 1.82) is 0 Å². The number of halogens is 3. The van der Waals surface area contributed by atoms with Crippen molar-refractivity contribution in [2.24, 2.45) is 0 Å². The topological polar surface area (TPSA) is 86.3 Å². The van der Waals surface area contributed by atoms with Gasteiger partial charge in [0.05, 0.1) is 15.8 Å². The molecule has 0 saturated carbocycles. The molecule has 0 radical (unpaired) electrons. The molecule has 0 aliphatic heterocycles. The average Bonchev–Trinajstić information content (AvgIpc) is 2.46. The number of hydrogen-bond acceptors (Lipinski definition) is 4. The van der Waals surface area contributed by atoms with Gasteiger partial charge in [-0.1, -0.05) is 59.1 Å². The fourth-order valence-corrected chi connectivity index (χ4v) is 2.96. The molecular weight excluding hydrogens is 367 g/mol. The maximum Gasteiger partial charge on any atom is 0.269 e. The summed E-state index contributed by atoms with van der Waals surface area (Å²) in [5.74, 6) is -0.896. The van der Waals surface area contributed by atoms with Crippen molar-refractivity contribution in [3.63, 3.8) is 0 Å². The number of nitrogens with zero attached hydrogens (tertiary/aromatic N) is 2. The molecule has 2 rings (SSSR count). The molecule has 0 fully saturated rings. The van der Waals surface area contributed by atoms with E-state index in [0.29, 0.717) is 11.1 Å². The first-order valence-corrected chi connectivity index (χ1v) is 7.39. The molecule has 0 saturated heterocycles. The number of rotatable bonds is 4. The van der Waals surface area contributed by atoms with Crippen LogP contribution < -0.4 is 0 Å². The lowest BCUT2D eigenvalue weighted by Gasteiger charge is -2.25. The van der Waals surface area contributed by atoms with E-state index in [2.05, 4.69) is 0 Å². The quantitative estimate of drug-likeness (QED) is 0.427. The van der Waals surface area contributed by atoms with Gasteiger partial charge in [-0.05, 0) is 11.1 Å². The molecule has 9 heteroatoms. The van der Waals surface area contributed by atoms with Gasteiger partial charge in [0.25, 0.3) is 11.4 Å². The van der Waals surface area contributed by atoms with Gasteiger partial charge in [-0.15, -0.1) is 0 Å². The molecule has 0 bridgehead atoms. The van der Waals surface area contributed by atoms with E-state index in [1.165, 1.54) is 36.4 Å².